The third-order valence-corrected chi connectivity index (χ3v) is 3.44. The van der Waals surface area contributed by atoms with Crippen LogP contribution in [0.2, 0.25) is 0 Å². The van der Waals surface area contributed by atoms with Crippen molar-refractivity contribution in [3.8, 4) is 0 Å². The summed E-state index contributed by atoms with van der Waals surface area (Å²) in [6, 6.07) is 11.8. The summed E-state index contributed by atoms with van der Waals surface area (Å²) in [5.41, 5.74) is 1.49. The molecule has 0 heterocycles. The maximum atomic E-state index is 11.2. The van der Waals surface area contributed by atoms with E-state index in [-0.39, 0.29) is 0 Å². The van der Waals surface area contributed by atoms with E-state index in [2.05, 4.69) is 0 Å². The molecule has 0 fully saturated rings. The summed E-state index contributed by atoms with van der Waals surface area (Å²) in [6.07, 6.45) is 0. The topological polar surface area (TPSA) is 134 Å². The first-order valence-corrected chi connectivity index (χ1v) is 8.56. The highest BCUT2D eigenvalue weighted by atomic mass is 16.5. The Labute approximate surface area is 163 Å². The molecule has 0 aliphatic heterocycles. The van der Waals surface area contributed by atoms with Crippen LogP contribution in [-0.4, -0.2) is 59.5 Å². The number of esters is 2. The Morgan fingerprint density at radius 2 is 0.964 bits per heavy atom. The lowest BCUT2D eigenvalue weighted by molar-refractivity contribution is 0.0517. The molecule has 0 spiro atoms. The van der Waals surface area contributed by atoms with Crippen LogP contribution in [0.1, 0.15) is 34.6 Å². The second kappa shape index (κ2) is 11.9. The van der Waals surface area contributed by atoms with E-state index in [0.717, 1.165) is 0 Å². The van der Waals surface area contributed by atoms with Crippen LogP contribution in [0.4, 0.5) is 0 Å². The summed E-state index contributed by atoms with van der Waals surface area (Å²) >= 11 is 0. The molecule has 0 aliphatic rings. The minimum absolute atomic E-state index is 0.323. The summed E-state index contributed by atoms with van der Waals surface area (Å²) in [7, 11) is -3.02. The number of benzene rings is 2. The van der Waals surface area contributed by atoms with Crippen molar-refractivity contribution in [1.82, 2.24) is 0 Å². The van der Waals surface area contributed by atoms with Crippen LogP contribution in [-0.2, 0) is 9.47 Å². The summed E-state index contributed by atoms with van der Waals surface area (Å²) in [4.78, 5) is 22.4. The first kappa shape index (κ1) is 23.4. The highest BCUT2D eigenvalue weighted by molar-refractivity contribution is 6.58. The summed E-state index contributed by atoms with van der Waals surface area (Å²) in [5, 5.41) is 35.2. The number of hydrogen-bond acceptors (Lipinski definition) is 8. The Morgan fingerprint density at radius 3 is 1.18 bits per heavy atom. The molecular weight excluding hydrogens is 366 g/mol. The molecule has 10 heteroatoms. The van der Waals surface area contributed by atoms with Crippen LogP contribution < -0.4 is 10.9 Å². The van der Waals surface area contributed by atoms with Crippen molar-refractivity contribution in [2.45, 2.75) is 13.8 Å². The predicted octanol–water partition coefficient (Wildman–Crippen LogP) is -0.914. The van der Waals surface area contributed by atoms with Crippen molar-refractivity contribution in [3.63, 3.8) is 0 Å². The SMILES string of the molecule is CCOC(=O)c1ccc(B(O)O)cc1.CCOC(=O)c1ccc(B(O)O)cc1. The second-order valence-electron chi connectivity index (χ2n) is 5.43. The lowest BCUT2D eigenvalue weighted by atomic mass is 9.80. The van der Waals surface area contributed by atoms with Gasteiger partial charge in [-0.05, 0) is 49.0 Å². The van der Waals surface area contributed by atoms with Gasteiger partial charge in [0.2, 0.25) is 0 Å². The summed E-state index contributed by atoms with van der Waals surface area (Å²) in [5.74, 6) is -0.821. The normalized spacial score (nSPS) is 9.64. The van der Waals surface area contributed by atoms with Crippen molar-refractivity contribution in [3.05, 3.63) is 59.7 Å². The van der Waals surface area contributed by atoms with Gasteiger partial charge >= 0.3 is 26.2 Å². The van der Waals surface area contributed by atoms with Crippen LogP contribution in [0.15, 0.2) is 48.5 Å². The van der Waals surface area contributed by atoms with Gasteiger partial charge in [-0.25, -0.2) is 9.59 Å². The van der Waals surface area contributed by atoms with Gasteiger partial charge in [-0.15, -0.1) is 0 Å². The molecule has 8 nitrogen and oxygen atoms in total. The van der Waals surface area contributed by atoms with Crippen LogP contribution in [0.25, 0.3) is 0 Å². The van der Waals surface area contributed by atoms with Crippen molar-refractivity contribution >= 4 is 37.1 Å². The summed E-state index contributed by atoms with van der Waals surface area (Å²) in [6.45, 7) is 4.10. The predicted molar refractivity (Wildman–Crippen MR) is 104 cm³/mol. The highest BCUT2D eigenvalue weighted by Gasteiger charge is 2.13. The van der Waals surface area contributed by atoms with Crippen LogP contribution in [0.3, 0.4) is 0 Å². The van der Waals surface area contributed by atoms with E-state index in [0.29, 0.717) is 35.3 Å². The van der Waals surface area contributed by atoms with Crippen molar-refractivity contribution in [1.29, 1.82) is 0 Å². The molecule has 2 aromatic rings. The van der Waals surface area contributed by atoms with Gasteiger partial charge in [0, 0.05) is 0 Å². The molecule has 0 aromatic heterocycles. The van der Waals surface area contributed by atoms with Gasteiger partial charge in [0.1, 0.15) is 0 Å². The lowest BCUT2D eigenvalue weighted by Gasteiger charge is -2.02. The van der Waals surface area contributed by atoms with E-state index in [9.17, 15) is 9.59 Å². The van der Waals surface area contributed by atoms with Crippen molar-refractivity contribution in [2.75, 3.05) is 13.2 Å². The molecule has 0 bridgehead atoms. The Kier molecular flexibility index (Phi) is 9.97. The number of carbonyl (C=O) groups excluding carboxylic acids is 2. The van der Waals surface area contributed by atoms with Crippen molar-refractivity contribution < 1.29 is 39.2 Å². The molecule has 148 valence electrons. The van der Waals surface area contributed by atoms with Gasteiger partial charge in [-0.3, -0.25) is 0 Å². The molecule has 28 heavy (non-hydrogen) atoms. The van der Waals surface area contributed by atoms with E-state index in [1.165, 1.54) is 48.5 Å². The van der Waals surface area contributed by atoms with Gasteiger partial charge in [0.15, 0.2) is 0 Å². The zero-order valence-corrected chi connectivity index (χ0v) is 15.6. The average Bonchev–Trinajstić information content (AvgIpc) is 2.69. The molecule has 2 aromatic carbocycles. The van der Waals surface area contributed by atoms with E-state index in [4.69, 9.17) is 29.6 Å². The first-order chi connectivity index (χ1) is 13.3. The molecule has 4 N–H and O–H groups in total. The van der Waals surface area contributed by atoms with Gasteiger partial charge in [0.25, 0.3) is 0 Å². The quantitative estimate of drug-likeness (QED) is 0.369. The zero-order chi connectivity index (χ0) is 21.1. The van der Waals surface area contributed by atoms with Crippen LogP contribution in [0.5, 0.6) is 0 Å². The molecule has 0 amide bonds. The fraction of sp³-hybridized carbons (Fsp3) is 0.222. The molecule has 0 unspecified atom stereocenters. The van der Waals surface area contributed by atoms with E-state index in [1.54, 1.807) is 13.8 Å². The van der Waals surface area contributed by atoms with Gasteiger partial charge in [-0.1, -0.05) is 24.3 Å². The van der Waals surface area contributed by atoms with Crippen LogP contribution >= 0.6 is 0 Å². The highest BCUT2D eigenvalue weighted by Crippen LogP contribution is 2.00. The van der Waals surface area contributed by atoms with Crippen molar-refractivity contribution in [2.24, 2.45) is 0 Å². The standard InChI is InChI=1S/2C9H11BO4/c2*1-2-14-9(11)7-3-5-8(6-4-7)10(12)13/h2*3-6,12-13H,2H2,1H3. The molecule has 0 aliphatic carbocycles. The Hall–Kier alpha value is -2.65. The largest absolute Gasteiger partial charge is 0.488 e. The Balaban J connectivity index is 0.000000280. The number of hydrogen-bond donors (Lipinski definition) is 4. The zero-order valence-electron chi connectivity index (χ0n) is 15.6. The summed E-state index contributed by atoms with van der Waals surface area (Å²) < 4.78 is 9.53. The third kappa shape index (κ3) is 7.53. The minimum atomic E-state index is -1.51. The molecule has 2 rings (SSSR count). The lowest BCUT2D eigenvalue weighted by Crippen LogP contribution is -2.29. The fourth-order valence-electron chi connectivity index (χ4n) is 2.01. The molecule has 0 atom stereocenters. The first-order valence-electron chi connectivity index (χ1n) is 8.56. The third-order valence-electron chi connectivity index (χ3n) is 3.44. The molecular formula is C18H22B2O8. The Morgan fingerprint density at radius 1 is 0.679 bits per heavy atom. The second-order valence-corrected chi connectivity index (χ2v) is 5.43. The smallest absolute Gasteiger partial charge is 0.462 e. The number of carbonyl (C=O) groups is 2. The maximum Gasteiger partial charge on any atom is 0.488 e. The average molecular weight is 388 g/mol. The molecule has 0 radical (unpaired) electrons. The Bertz CT molecular complexity index is 680. The van der Waals surface area contributed by atoms with Gasteiger partial charge in [0.05, 0.1) is 24.3 Å². The van der Waals surface area contributed by atoms with Gasteiger partial charge in [-0.2, -0.15) is 0 Å². The van der Waals surface area contributed by atoms with Crippen LogP contribution in [0, 0.1) is 0 Å². The van der Waals surface area contributed by atoms with E-state index in [1.807, 2.05) is 0 Å². The fourth-order valence-corrected chi connectivity index (χ4v) is 2.01. The number of ether oxygens (including phenoxy) is 2. The maximum absolute atomic E-state index is 11.2. The van der Waals surface area contributed by atoms with E-state index >= 15 is 0 Å². The monoisotopic (exact) mass is 388 g/mol. The minimum Gasteiger partial charge on any atom is -0.462 e. The molecule has 0 saturated heterocycles. The molecule has 0 saturated carbocycles. The van der Waals surface area contributed by atoms with E-state index < -0.39 is 26.2 Å². The number of rotatable bonds is 6. The van der Waals surface area contributed by atoms with Gasteiger partial charge < -0.3 is 29.6 Å².